The molecule has 0 N–H and O–H groups in total. The van der Waals surface area contributed by atoms with Crippen molar-refractivity contribution in [1.82, 2.24) is 0 Å². The molecular formula is O2SnZn2+4. The molecule has 0 rings (SSSR count). The van der Waals surface area contributed by atoms with Gasteiger partial charge in [0.2, 0.25) is 0 Å². The van der Waals surface area contributed by atoms with Gasteiger partial charge in [0.15, 0.2) is 0 Å². The molecule has 2 nitrogen and oxygen atoms in total. The Labute approximate surface area is 73.2 Å². The van der Waals surface area contributed by atoms with Gasteiger partial charge >= 0.3 is 62.9 Å². The van der Waals surface area contributed by atoms with Crippen molar-refractivity contribution in [2.45, 2.75) is 0 Å². The van der Waals surface area contributed by atoms with E-state index in [-0.39, 0.29) is 73.8 Å². The Morgan fingerprint density at radius 2 is 0.600 bits per heavy atom. The first-order valence-corrected chi connectivity index (χ1v) is 0. The van der Waals surface area contributed by atoms with Crippen molar-refractivity contribution in [3.05, 3.63) is 0 Å². The van der Waals surface area contributed by atoms with Crippen LogP contribution in [0.5, 0.6) is 0 Å². The van der Waals surface area contributed by atoms with Gasteiger partial charge in [0.25, 0.3) is 0 Å². The average molecular weight is 281 g/mol. The molecular weight excluding hydrogens is 281 g/mol. The maximum Gasteiger partial charge on any atom is 4.00 e. The number of hydrogen-bond acceptors (Lipinski definition) is 0. The van der Waals surface area contributed by atoms with Crippen LogP contribution in [0.2, 0.25) is 0 Å². The van der Waals surface area contributed by atoms with Crippen molar-refractivity contribution in [1.29, 1.82) is 0 Å². The molecule has 16 valence electrons. The zero-order valence-corrected chi connectivity index (χ0v) is 11.5. The van der Waals surface area contributed by atoms with Gasteiger partial charge in [-0.3, -0.25) is 0 Å². The first-order chi connectivity index (χ1) is 0. The van der Waals surface area contributed by atoms with Crippen LogP contribution in [0.1, 0.15) is 0 Å². The predicted molar refractivity (Wildman–Crippen MR) is 7.13 cm³/mol. The molecule has 0 saturated heterocycles. The summed E-state index contributed by atoms with van der Waals surface area (Å²) >= 11 is 0. The summed E-state index contributed by atoms with van der Waals surface area (Å²) < 4.78 is 0. The van der Waals surface area contributed by atoms with E-state index in [0.717, 1.165) is 0 Å². The molecule has 0 bridgehead atoms. The Hall–Kier alpha value is 1.97. The number of rotatable bonds is 0. The fourth-order valence-corrected chi connectivity index (χ4v) is 0. The normalized spacial score (nSPS) is 0. The standard InChI is InChI=1S/2O.Sn.2Zn/q2*-2;+4;2*+2. The predicted octanol–water partition coefficient (Wildman–Crippen LogP) is -0.623. The third-order valence-corrected chi connectivity index (χ3v) is 0. The van der Waals surface area contributed by atoms with E-state index < -0.39 is 0 Å². The first kappa shape index (κ1) is 64.2. The molecule has 0 saturated carbocycles. The summed E-state index contributed by atoms with van der Waals surface area (Å²) in [6.45, 7) is 0. The molecule has 0 amide bonds. The van der Waals surface area contributed by atoms with E-state index >= 15 is 0 Å². The topological polar surface area (TPSA) is 57.0 Å². The SMILES string of the molecule is [O-2].[O-2].[Sn+4].[Zn+2].[Zn+2]. The Balaban J connectivity index is 0. The first-order valence-electron chi connectivity index (χ1n) is 0. The molecule has 0 aromatic carbocycles. The van der Waals surface area contributed by atoms with Gasteiger partial charge in [-0.1, -0.05) is 0 Å². The molecule has 0 fully saturated rings. The molecule has 0 atom stereocenters. The van der Waals surface area contributed by atoms with E-state index in [1.807, 2.05) is 0 Å². The van der Waals surface area contributed by atoms with Crippen LogP contribution >= 0.6 is 0 Å². The van der Waals surface area contributed by atoms with Crippen molar-refractivity contribution < 1.29 is 49.9 Å². The molecule has 0 aliphatic carbocycles. The molecule has 0 heterocycles. The monoisotopic (exact) mass is 280 g/mol. The van der Waals surface area contributed by atoms with Gasteiger partial charge in [-0.15, -0.1) is 0 Å². The average Bonchev–Trinajstić information content (AvgIpc) is 0. The van der Waals surface area contributed by atoms with E-state index in [1.54, 1.807) is 0 Å². The van der Waals surface area contributed by atoms with Crippen LogP contribution in [0, 0.1) is 0 Å². The molecule has 0 aliphatic heterocycles. The summed E-state index contributed by atoms with van der Waals surface area (Å²) in [4.78, 5) is 0. The van der Waals surface area contributed by atoms with Crippen LogP contribution in [0.25, 0.3) is 0 Å². The van der Waals surface area contributed by atoms with E-state index in [2.05, 4.69) is 0 Å². The van der Waals surface area contributed by atoms with Gasteiger partial charge in [0.1, 0.15) is 0 Å². The minimum atomic E-state index is 0. The van der Waals surface area contributed by atoms with Crippen LogP contribution in [-0.2, 0) is 49.9 Å². The smallest absolute Gasteiger partial charge is 2.00 e. The summed E-state index contributed by atoms with van der Waals surface area (Å²) in [5.74, 6) is 0. The maximum absolute atomic E-state index is 0. The second kappa shape index (κ2) is 38.1. The van der Waals surface area contributed by atoms with Crippen molar-refractivity contribution in [2.24, 2.45) is 0 Å². The van der Waals surface area contributed by atoms with Gasteiger partial charge < -0.3 is 11.0 Å². The molecule has 0 aromatic heterocycles. The van der Waals surface area contributed by atoms with Crippen LogP contribution in [0.3, 0.4) is 0 Å². The maximum atomic E-state index is 0. The fraction of sp³-hybridized carbons (Fsp3) is 0. The van der Waals surface area contributed by atoms with E-state index in [9.17, 15) is 0 Å². The molecule has 0 aliphatic rings. The minimum absolute atomic E-state index is 0. The molecule has 5 heavy (non-hydrogen) atoms. The minimum Gasteiger partial charge on any atom is -2.00 e. The summed E-state index contributed by atoms with van der Waals surface area (Å²) in [6.07, 6.45) is 0. The third-order valence-electron chi connectivity index (χ3n) is 0. The Bertz CT molecular complexity index is 7.61. The Kier molecular flexibility index (Phi) is 489. The molecule has 5 heteroatoms. The summed E-state index contributed by atoms with van der Waals surface area (Å²) in [6, 6.07) is 0. The third kappa shape index (κ3) is 24.3. The quantitative estimate of drug-likeness (QED) is 0.531. The van der Waals surface area contributed by atoms with Crippen molar-refractivity contribution in [3.63, 3.8) is 0 Å². The largest absolute Gasteiger partial charge is 4.00 e. The molecule has 0 spiro atoms. The molecule has 0 unspecified atom stereocenters. The van der Waals surface area contributed by atoms with Crippen LogP contribution in [0.15, 0.2) is 0 Å². The van der Waals surface area contributed by atoms with Crippen molar-refractivity contribution >= 4 is 23.9 Å². The van der Waals surface area contributed by atoms with Crippen LogP contribution in [-0.4, -0.2) is 23.9 Å². The summed E-state index contributed by atoms with van der Waals surface area (Å²) in [5, 5.41) is 0. The van der Waals surface area contributed by atoms with Crippen molar-refractivity contribution in [2.75, 3.05) is 0 Å². The zero-order valence-electron chi connectivity index (χ0n) is 2.73. The van der Waals surface area contributed by atoms with Crippen LogP contribution < -0.4 is 0 Å². The molecule has 0 radical (unpaired) electrons. The fourth-order valence-electron chi connectivity index (χ4n) is 0. The van der Waals surface area contributed by atoms with Gasteiger partial charge in [0, 0.05) is 0 Å². The van der Waals surface area contributed by atoms with Gasteiger partial charge in [-0.2, -0.15) is 0 Å². The summed E-state index contributed by atoms with van der Waals surface area (Å²) in [5.41, 5.74) is 0. The number of hydrogen-bond donors (Lipinski definition) is 0. The van der Waals surface area contributed by atoms with Crippen LogP contribution in [0.4, 0.5) is 0 Å². The molecule has 0 aromatic rings. The van der Waals surface area contributed by atoms with Crippen molar-refractivity contribution in [3.8, 4) is 0 Å². The van der Waals surface area contributed by atoms with Gasteiger partial charge in [0.05, 0.1) is 0 Å². The van der Waals surface area contributed by atoms with Gasteiger partial charge in [-0.25, -0.2) is 0 Å². The second-order valence-corrected chi connectivity index (χ2v) is 0. The van der Waals surface area contributed by atoms with Gasteiger partial charge in [-0.05, 0) is 0 Å². The summed E-state index contributed by atoms with van der Waals surface area (Å²) in [7, 11) is 0. The Morgan fingerprint density at radius 3 is 0.600 bits per heavy atom. The second-order valence-electron chi connectivity index (χ2n) is 0. The van der Waals surface area contributed by atoms with E-state index in [1.165, 1.54) is 0 Å². The zero-order chi connectivity index (χ0) is 0. The Morgan fingerprint density at radius 1 is 0.600 bits per heavy atom. The van der Waals surface area contributed by atoms with E-state index in [0.29, 0.717) is 0 Å². The van der Waals surface area contributed by atoms with E-state index in [4.69, 9.17) is 0 Å².